The molecule has 0 amide bonds. The predicted octanol–water partition coefficient (Wildman–Crippen LogP) is 2.43. The number of H-pyrrole nitrogens is 1. The molecule has 2 N–H and O–H groups in total. The van der Waals surface area contributed by atoms with Crippen LogP contribution in [0.25, 0.3) is 0 Å². The maximum Gasteiger partial charge on any atom is 0.120 e. The maximum absolute atomic E-state index is 5.87. The Kier molecular flexibility index (Phi) is 3.97. The van der Waals surface area contributed by atoms with E-state index in [0.29, 0.717) is 6.10 Å². The predicted molar refractivity (Wildman–Crippen MR) is 76.6 cm³/mol. The van der Waals surface area contributed by atoms with Crippen molar-refractivity contribution in [3.8, 4) is 5.75 Å². The van der Waals surface area contributed by atoms with Gasteiger partial charge in [-0.3, -0.25) is 0 Å². The van der Waals surface area contributed by atoms with Crippen molar-refractivity contribution in [2.45, 2.75) is 38.3 Å². The minimum Gasteiger partial charge on any atom is -0.490 e. The lowest BCUT2D eigenvalue weighted by Gasteiger charge is -2.17. The number of benzene rings is 1. The summed E-state index contributed by atoms with van der Waals surface area (Å²) in [5.41, 5.74) is 2.06. The molecular weight excluding hydrogens is 252 g/mol. The average molecular weight is 272 g/mol. The van der Waals surface area contributed by atoms with Crippen LogP contribution in [-0.2, 0) is 0 Å². The van der Waals surface area contributed by atoms with Gasteiger partial charge in [-0.15, -0.1) is 0 Å². The molecule has 0 radical (unpaired) electrons. The molecule has 0 spiro atoms. The summed E-state index contributed by atoms with van der Waals surface area (Å²) in [6, 6.07) is 8.30. The Bertz CT molecular complexity index is 537. The molecule has 20 heavy (non-hydrogen) atoms. The number of aromatic amines is 1. The summed E-state index contributed by atoms with van der Waals surface area (Å²) in [4.78, 5) is 0. The van der Waals surface area contributed by atoms with Crippen molar-refractivity contribution in [3.05, 3.63) is 41.7 Å². The fourth-order valence-electron chi connectivity index (χ4n) is 2.18. The van der Waals surface area contributed by atoms with Crippen molar-refractivity contribution in [2.75, 3.05) is 6.54 Å². The van der Waals surface area contributed by atoms with Crippen molar-refractivity contribution in [1.29, 1.82) is 0 Å². The molecule has 3 rings (SSSR count). The van der Waals surface area contributed by atoms with Gasteiger partial charge in [0.25, 0.3) is 0 Å². The molecule has 1 fully saturated rings. The fraction of sp³-hybridized carbons (Fsp3) is 0.467. The molecule has 1 heterocycles. The van der Waals surface area contributed by atoms with Crippen molar-refractivity contribution >= 4 is 0 Å². The van der Waals surface area contributed by atoms with E-state index in [9.17, 15) is 0 Å². The van der Waals surface area contributed by atoms with E-state index in [2.05, 4.69) is 39.8 Å². The average Bonchev–Trinajstić information content (AvgIpc) is 3.11. The first-order chi connectivity index (χ1) is 9.86. The first kappa shape index (κ1) is 13.1. The monoisotopic (exact) mass is 272 g/mol. The molecule has 2 aromatic rings. The van der Waals surface area contributed by atoms with Gasteiger partial charge in [-0.25, -0.2) is 0 Å². The summed E-state index contributed by atoms with van der Waals surface area (Å²) in [6.07, 6.45) is 5.60. The number of rotatable bonds is 7. The molecule has 5 heteroatoms. The van der Waals surface area contributed by atoms with Gasteiger partial charge in [-0.1, -0.05) is 19.1 Å². The van der Waals surface area contributed by atoms with Crippen molar-refractivity contribution in [3.63, 3.8) is 0 Å². The van der Waals surface area contributed by atoms with Gasteiger partial charge in [-0.05, 0) is 43.5 Å². The van der Waals surface area contributed by atoms with E-state index >= 15 is 0 Å². The van der Waals surface area contributed by atoms with E-state index in [1.807, 2.05) is 12.1 Å². The summed E-state index contributed by atoms with van der Waals surface area (Å²) < 4.78 is 5.87. The second-order valence-electron chi connectivity index (χ2n) is 5.17. The fourth-order valence-corrected chi connectivity index (χ4v) is 2.18. The zero-order valence-electron chi connectivity index (χ0n) is 11.7. The van der Waals surface area contributed by atoms with Crippen LogP contribution < -0.4 is 10.1 Å². The highest BCUT2D eigenvalue weighted by molar-refractivity contribution is 5.34. The minimum absolute atomic E-state index is 0.0523. The smallest absolute Gasteiger partial charge is 0.120 e. The second kappa shape index (κ2) is 6.05. The topological polar surface area (TPSA) is 62.8 Å². The third-order valence-electron chi connectivity index (χ3n) is 3.35. The van der Waals surface area contributed by atoms with Gasteiger partial charge >= 0.3 is 0 Å². The quantitative estimate of drug-likeness (QED) is 0.812. The molecule has 1 aliphatic carbocycles. The van der Waals surface area contributed by atoms with E-state index in [1.165, 1.54) is 12.8 Å². The molecule has 1 saturated carbocycles. The van der Waals surface area contributed by atoms with Crippen LogP contribution in [0.15, 0.2) is 30.5 Å². The first-order valence-corrected chi connectivity index (χ1v) is 7.22. The zero-order chi connectivity index (χ0) is 13.8. The van der Waals surface area contributed by atoms with Gasteiger partial charge in [0.1, 0.15) is 11.4 Å². The van der Waals surface area contributed by atoms with Crippen LogP contribution in [0.4, 0.5) is 0 Å². The summed E-state index contributed by atoms with van der Waals surface area (Å²) in [6.45, 7) is 3.09. The molecule has 1 aliphatic rings. The highest BCUT2D eigenvalue weighted by Crippen LogP contribution is 2.29. The number of ether oxygens (including phenoxy) is 1. The van der Waals surface area contributed by atoms with E-state index in [1.54, 1.807) is 6.20 Å². The number of nitrogens with zero attached hydrogens (tertiary/aromatic N) is 2. The van der Waals surface area contributed by atoms with Gasteiger partial charge in [0, 0.05) is 0 Å². The Morgan fingerprint density at radius 2 is 2.35 bits per heavy atom. The summed E-state index contributed by atoms with van der Waals surface area (Å²) in [5.74, 6) is 0.941. The van der Waals surface area contributed by atoms with Crippen molar-refractivity contribution in [1.82, 2.24) is 20.7 Å². The van der Waals surface area contributed by atoms with Crippen molar-refractivity contribution in [2.24, 2.45) is 0 Å². The van der Waals surface area contributed by atoms with Gasteiger partial charge in [0.05, 0.1) is 18.3 Å². The Balaban J connectivity index is 1.81. The van der Waals surface area contributed by atoms with Crippen LogP contribution in [0.2, 0.25) is 0 Å². The molecule has 1 aromatic carbocycles. The highest BCUT2D eigenvalue weighted by Gasteiger charge is 2.24. The number of aromatic nitrogens is 3. The molecule has 0 aliphatic heterocycles. The normalized spacial score (nSPS) is 16.1. The molecule has 106 valence electrons. The number of hydrogen-bond donors (Lipinski definition) is 2. The van der Waals surface area contributed by atoms with Crippen LogP contribution in [0.3, 0.4) is 0 Å². The minimum atomic E-state index is 0.0523. The van der Waals surface area contributed by atoms with Gasteiger partial charge in [0.15, 0.2) is 0 Å². The van der Waals surface area contributed by atoms with Gasteiger partial charge < -0.3 is 10.1 Å². The Labute approximate surface area is 118 Å². The first-order valence-electron chi connectivity index (χ1n) is 7.22. The Hall–Kier alpha value is -1.88. The van der Waals surface area contributed by atoms with E-state index < -0.39 is 0 Å². The van der Waals surface area contributed by atoms with E-state index in [0.717, 1.165) is 30.0 Å². The van der Waals surface area contributed by atoms with Crippen LogP contribution in [0.5, 0.6) is 5.75 Å². The van der Waals surface area contributed by atoms with Gasteiger partial charge in [-0.2, -0.15) is 15.4 Å². The lowest BCUT2D eigenvalue weighted by atomic mass is 10.0. The standard InChI is InChI=1S/C15H20N4O/c1-2-8-16-15(14-10-17-19-18-14)11-4-3-5-13(9-11)20-12-6-7-12/h3-5,9-10,12,15-16H,2,6-8H2,1H3,(H,17,18,19). The van der Waals surface area contributed by atoms with Gasteiger partial charge in [0.2, 0.25) is 0 Å². The second-order valence-corrected chi connectivity index (χ2v) is 5.17. The summed E-state index contributed by atoms with van der Waals surface area (Å²) in [5, 5.41) is 14.3. The Morgan fingerprint density at radius 3 is 3.05 bits per heavy atom. The maximum atomic E-state index is 5.87. The number of hydrogen-bond acceptors (Lipinski definition) is 4. The molecule has 0 bridgehead atoms. The molecule has 1 atom stereocenters. The summed E-state index contributed by atoms with van der Waals surface area (Å²) in [7, 11) is 0. The van der Waals surface area contributed by atoms with E-state index in [4.69, 9.17) is 4.74 Å². The number of nitrogens with one attached hydrogen (secondary N) is 2. The SMILES string of the molecule is CCCNC(c1cccc(OC2CC2)c1)c1cn[nH]n1. The van der Waals surface area contributed by atoms with E-state index in [-0.39, 0.29) is 6.04 Å². The molecule has 5 nitrogen and oxygen atoms in total. The largest absolute Gasteiger partial charge is 0.490 e. The molecule has 1 aromatic heterocycles. The third kappa shape index (κ3) is 3.17. The summed E-state index contributed by atoms with van der Waals surface area (Å²) >= 11 is 0. The third-order valence-corrected chi connectivity index (χ3v) is 3.35. The van der Waals surface area contributed by atoms with Crippen LogP contribution in [-0.4, -0.2) is 28.1 Å². The molecule has 0 saturated heterocycles. The van der Waals surface area contributed by atoms with Crippen LogP contribution in [0, 0.1) is 0 Å². The highest BCUT2D eigenvalue weighted by atomic mass is 16.5. The lowest BCUT2D eigenvalue weighted by molar-refractivity contribution is 0.302. The zero-order valence-corrected chi connectivity index (χ0v) is 11.7. The molecule has 1 unspecified atom stereocenters. The Morgan fingerprint density at radius 1 is 1.45 bits per heavy atom. The van der Waals surface area contributed by atoms with Crippen LogP contribution in [0.1, 0.15) is 43.5 Å². The molecular formula is C15H20N4O. The lowest BCUT2D eigenvalue weighted by Crippen LogP contribution is -2.23. The van der Waals surface area contributed by atoms with Crippen LogP contribution >= 0.6 is 0 Å². The van der Waals surface area contributed by atoms with Crippen molar-refractivity contribution < 1.29 is 4.74 Å².